The summed E-state index contributed by atoms with van der Waals surface area (Å²) in [7, 11) is 1.77. The molecule has 0 bridgehead atoms. The number of carbonyl (C=O) groups excluding carboxylic acids is 1. The molecule has 0 saturated heterocycles. The fraction of sp³-hybridized carbons (Fsp3) is 0.231. The van der Waals surface area contributed by atoms with Crippen molar-refractivity contribution in [2.24, 2.45) is 7.05 Å². The van der Waals surface area contributed by atoms with Gasteiger partial charge in [0.25, 0.3) is 0 Å². The number of aromatic hydroxyl groups is 1. The number of carbonyl (C=O) groups is 1. The first-order valence-electron chi connectivity index (χ1n) is 5.63. The van der Waals surface area contributed by atoms with Crippen LogP contribution in [0.3, 0.4) is 0 Å². The molecule has 0 saturated carbocycles. The second kappa shape index (κ2) is 4.91. The van der Waals surface area contributed by atoms with E-state index >= 15 is 0 Å². The highest BCUT2D eigenvalue weighted by atomic mass is 16.3. The molecule has 0 fully saturated rings. The van der Waals surface area contributed by atoms with Gasteiger partial charge < -0.3 is 10.4 Å². The van der Waals surface area contributed by atoms with E-state index in [1.165, 1.54) is 0 Å². The number of benzene rings is 1. The van der Waals surface area contributed by atoms with Gasteiger partial charge in [0.15, 0.2) is 0 Å². The maximum absolute atomic E-state index is 11.8. The molecule has 18 heavy (non-hydrogen) atoms. The number of phenols is 1. The fourth-order valence-corrected chi connectivity index (χ4v) is 1.77. The number of aromatic nitrogens is 2. The molecule has 2 rings (SSSR count). The number of nitrogens with one attached hydrogen (secondary N) is 1. The first-order valence-corrected chi connectivity index (χ1v) is 5.63. The number of rotatable bonds is 3. The molecule has 0 aliphatic rings. The predicted octanol–water partition coefficient (Wildman–Crippen LogP) is 1.62. The molecule has 5 nitrogen and oxygen atoms in total. The van der Waals surface area contributed by atoms with Gasteiger partial charge in [-0.3, -0.25) is 9.48 Å². The fourth-order valence-electron chi connectivity index (χ4n) is 1.77. The van der Waals surface area contributed by atoms with Crippen molar-refractivity contribution in [1.29, 1.82) is 0 Å². The Hall–Kier alpha value is -2.30. The molecule has 1 aromatic heterocycles. The Labute approximate surface area is 105 Å². The number of anilines is 1. The van der Waals surface area contributed by atoms with Crippen molar-refractivity contribution in [2.75, 3.05) is 5.32 Å². The largest absolute Gasteiger partial charge is 0.508 e. The van der Waals surface area contributed by atoms with Gasteiger partial charge >= 0.3 is 0 Å². The molecule has 1 heterocycles. The lowest BCUT2D eigenvalue weighted by Crippen LogP contribution is -2.16. The number of aryl methyl sites for hydroxylation is 2. The molecule has 0 unspecified atom stereocenters. The number of phenolic OH excluding ortho intramolecular Hbond substituents is 1. The van der Waals surface area contributed by atoms with Crippen LogP contribution in [-0.2, 0) is 18.3 Å². The average Bonchev–Trinajstić information content (AvgIpc) is 2.57. The third-order valence-electron chi connectivity index (χ3n) is 2.54. The maximum Gasteiger partial charge on any atom is 0.229 e. The molecule has 1 aromatic carbocycles. The Kier molecular flexibility index (Phi) is 3.32. The number of hydrogen-bond donors (Lipinski definition) is 2. The third-order valence-corrected chi connectivity index (χ3v) is 2.54. The summed E-state index contributed by atoms with van der Waals surface area (Å²) >= 11 is 0. The van der Waals surface area contributed by atoms with Gasteiger partial charge in [-0.1, -0.05) is 12.1 Å². The van der Waals surface area contributed by atoms with Gasteiger partial charge in [-0.25, -0.2) is 0 Å². The standard InChI is InChI=1S/C13H15N3O2/c1-9-6-12(16(2)15-9)14-13(18)8-10-4-3-5-11(17)7-10/h3-7,17H,8H2,1-2H3,(H,14,18). The van der Waals surface area contributed by atoms with Crippen LogP contribution in [0.2, 0.25) is 0 Å². The van der Waals surface area contributed by atoms with Crippen molar-refractivity contribution in [3.05, 3.63) is 41.6 Å². The van der Waals surface area contributed by atoms with E-state index in [-0.39, 0.29) is 18.1 Å². The van der Waals surface area contributed by atoms with Crippen molar-refractivity contribution < 1.29 is 9.90 Å². The molecule has 2 aromatic rings. The second-order valence-corrected chi connectivity index (χ2v) is 4.19. The normalized spacial score (nSPS) is 10.3. The molecule has 5 heteroatoms. The molecule has 0 spiro atoms. The Balaban J connectivity index is 2.03. The quantitative estimate of drug-likeness (QED) is 0.863. The molecule has 1 amide bonds. The van der Waals surface area contributed by atoms with Crippen LogP contribution in [0, 0.1) is 6.92 Å². The Bertz CT molecular complexity index is 575. The lowest BCUT2D eigenvalue weighted by molar-refractivity contribution is -0.115. The number of amides is 1. The van der Waals surface area contributed by atoms with Crippen LogP contribution in [0.1, 0.15) is 11.3 Å². The lowest BCUT2D eigenvalue weighted by atomic mass is 10.1. The van der Waals surface area contributed by atoms with E-state index in [2.05, 4.69) is 10.4 Å². The summed E-state index contributed by atoms with van der Waals surface area (Å²) < 4.78 is 1.62. The summed E-state index contributed by atoms with van der Waals surface area (Å²) in [5.74, 6) is 0.693. The van der Waals surface area contributed by atoms with Crippen molar-refractivity contribution >= 4 is 11.7 Å². The Morgan fingerprint density at radius 3 is 2.83 bits per heavy atom. The molecular weight excluding hydrogens is 230 g/mol. The van der Waals surface area contributed by atoms with E-state index in [0.29, 0.717) is 5.82 Å². The van der Waals surface area contributed by atoms with Gasteiger partial charge in [0, 0.05) is 13.1 Å². The molecule has 2 N–H and O–H groups in total. The van der Waals surface area contributed by atoms with Crippen LogP contribution >= 0.6 is 0 Å². The van der Waals surface area contributed by atoms with E-state index in [1.54, 1.807) is 42.1 Å². The van der Waals surface area contributed by atoms with E-state index in [1.807, 2.05) is 6.92 Å². The number of hydrogen-bond acceptors (Lipinski definition) is 3. The van der Waals surface area contributed by atoms with Crippen LogP contribution in [-0.4, -0.2) is 20.8 Å². The molecule has 94 valence electrons. The van der Waals surface area contributed by atoms with Gasteiger partial charge in [-0.15, -0.1) is 0 Å². The average molecular weight is 245 g/mol. The van der Waals surface area contributed by atoms with Crippen molar-refractivity contribution in [1.82, 2.24) is 9.78 Å². The molecule has 0 aliphatic carbocycles. The number of nitrogens with zero attached hydrogens (tertiary/aromatic N) is 2. The summed E-state index contributed by atoms with van der Waals surface area (Å²) in [4.78, 5) is 11.8. The van der Waals surface area contributed by atoms with Crippen LogP contribution in [0.15, 0.2) is 30.3 Å². The summed E-state index contributed by atoms with van der Waals surface area (Å²) in [5, 5.41) is 16.2. The van der Waals surface area contributed by atoms with Crippen LogP contribution in [0.4, 0.5) is 5.82 Å². The van der Waals surface area contributed by atoms with Crippen LogP contribution < -0.4 is 5.32 Å². The molecule has 0 radical (unpaired) electrons. The topological polar surface area (TPSA) is 67.2 Å². The van der Waals surface area contributed by atoms with Crippen molar-refractivity contribution in [2.45, 2.75) is 13.3 Å². The Morgan fingerprint density at radius 1 is 1.44 bits per heavy atom. The van der Waals surface area contributed by atoms with Gasteiger partial charge in [-0.05, 0) is 24.6 Å². The monoisotopic (exact) mass is 245 g/mol. The zero-order chi connectivity index (χ0) is 13.1. The highest BCUT2D eigenvalue weighted by molar-refractivity contribution is 5.91. The zero-order valence-electron chi connectivity index (χ0n) is 10.3. The minimum absolute atomic E-state index is 0.136. The van der Waals surface area contributed by atoms with Gasteiger partial charge in [0.1, 0.15) is 11.6 Å². The van der Waals surface area contributed by atoms with Crippen LogP contribution in [0.5, 0.6) is 5.75 Å². The highest BCUT2D eigenvalue weighted by Gasteiger charge is 2.08. The van der Waals surface area contributed by atoms with Gasteiger partial charge in [0.05, 0.1) is 12.1 Å². The third kappa shape index (κ3) is 2.88. The minimum atomic E-state index is -0.136. The van der Waals surface area contributed by atoms with E-state index < -0.39 is 0 Å². The molecule has 0 aliphatic heterocycles. The first kappa shape index (κ1) is 12.2. The van der Waals surface area contributed by atoms with E-state index in [4.69, 9.17) is 0 Å². The van der Waals surface area contributed by atoms with E-state index in [9.17, 15) is 9.90 Å². The maximum atomic E-state index is 11.8. The smallest absolute Gasteiger partial charge is 0.229 e. The van der Waals surface area contributed by atoms with Crippen LogP contribution in [0.25, 0.3) is 0 Å². The predicted molar refractivity (Wildman–Crippen MR) is 68.4 cm³/mol. The minimum Gasteiger partial charge on any atom is -0.508 e. The SMILES string of the molecule is Cc1cc(NC(=O)Cc2cccc(O)c2)n(C)n1. The van der Waals surface area contributed by atoms with E-state index in [0.717, 1.165) is 11.3 Å². The summed E-state index contributed by atoms with van der Waals surface area (Å²) in [5.41, 5.74) is 1.62. The summed E-state index contributed by atoms with van der Waals surface area (Å²) in [6, 6.07) is 8.47. The lowest BCUT2D eigenvalue weighted by Gasteiger charge is -2.05. The first-order chi connectivity index (χ1) is 8.54. The molecule has 0 atom stereocenters. The summed E-state index contributed by atoms with van der Waals surface area (Å²) in [6.45, 7) is 1.87. The second-order valence-electron chi connectivity index (χ2n) is 4.19. The Morgan fingerprint density at radius 2 is 2.22 bits per heavy atom. The van der Waals surface area contributed by atoms with Crippen molar-refractivity contribution in [3.63, 3.8) is 0 Å². The van der Waals surface area contributed by atoms with Gasteiger partial charge in [0.2, 0.25) is 5.91 Å². The summed E-state index contributed by atoms with van der Waals surface area (Å²) in [6.07, 6.45) is 0.221. The highest BCUT2D eigenvalue weighted by Crippen LogP contribution is 2.13. The van der Waals surface area contributed by atoms with Crippen molar-refractivity contribution in [3.8, 4) is 5.75 Å². The zero-order valence-corrected chi connectivity index (χ0v) is 10.3. The molecular formula is C13H15N3O2. The van der Waals surface area contributed by atoms with Gasteiger partial charge in [-0.2, -0.15) is 5.10 Å².